The first-order chi connectivity index (χ1) is 23.2. The number of carbonyl (C=O) groups is 1. The number of rotatable bonds is 11. The lowest BCUT2D eigenvalue weighted by molar-refractivity contribution is -0.151. The summed E-state index contributed by atoms with van der Waals surface area (Å²) in [7, 11) is 0. The Bertz CT molecular complexity index is 1640. The smallest absolute Gasteiger partial charge is 0.306 e. The Kier molecular flexibility index (Phi) is 9.71. The van der Waals surface area contributed by atoms with Crippen LogP contribution in [-0.4, -0.2) is 18.7 Å². The molecule has 7 rings (SSSR count). The van der Waals surface area contributed by atoms with E-state index < -0.39 is 0 Å². The molecule has 0 bridgehead atoms. The Morgan fingerprint density at radius 2 is 1.65 bits per heavy atom. The molecule has 0 spiro atoms. The SMILES string of the molecule is CC(C)CCC[C@@H](C)[C@H]1CC[C@H]2[C@@H]3CC=C4C[C@@H](OC(=O)CCCOc5cccc6cc7ccccc7cc56)CC[C@]4(C)[C@H]3CC[C@]12C. The second-order valence-electron chi connectivity index (χ2n) is 17.3. The molecule has 3 aromatic carbocycles. The third-order valence-electron chi connectivity index (χ3n) is 14.0. The fraction of sp³-hybridized carbons (Fsp3) is 0.622. The molecule has 0 radical (unpaired) electrons. The van der Waals surface area contributed by atoms with Gasteiger partial charge in [0.2, 0.25) is 0 Å². The summed E-state index contributed by atoms with van der Waals surface area (Å²) in [6, 6.07) is 19.1. The highest BCUT2D eigenvalue weighted by atomic mass is 16.5. The van der Waals surface area contributed by atoms with E-state index >= 15 is 0 Å². The van der Waals surface area contributed by atoms with Crippen LogP contribution in [0.15, 0.2) is 66.2 Å². The number of ether oxygens (including phenoxy) is 2. The number of benzene rings is 3. The molecule has 3 nitrogen and oxygen atoms in total. The molecule has 0 unspecified atom stereocenters. The van der Waals surface area contributed by atoms with Crippen molar-refractivity contribution in [1.29, 1.82) is 0 Å². The van der Waals surface area contributed by atoms with Crippen molar-refractivity contribution >= 4 is 27.5 Å². The van der Waals surface area contributed by atoms with Gasteiger partial charge in [0.25, 0.3) is 0 Å². The van der Waals surface area contributed by atoms with E-state index in [4.69, 9.17) is 9.47 Å². The monoisotopic (exact) mass is 648 g/mol. The van der Waals surface area contributed by atoms with E-state index in [1.807, 2.05) is 12.1 Å². The highest BCUT2D eigenvalue weighted by Crippen LogP contribution is 2.67. The Morgan fingerprint density at radius 1 is 0.854 bits per heavy atom. The van der Waals surface area contributed by atoms with Crippen molar-refractivity contribution in [3.8, 4) is 5.75 Å². The van der Waals surface area contributed by atoms with E-state index in [2.05, 4.69) is 83.2 Å². The Morgan fingerprint density at radius 3 is 2.46 bits per heavy atom. The van der Waals surface area contributed by atoms with E-state index in [1.165, 1.54) is 67.5 Å². The molecular formula is C45H60O3. The van der Waals surface area contributed by atoms with Gasteiger partial charge in [-0.1, -0.05) is 102 Å². The van der Waals surface area contributed by atoms with Crippen LogP contribution < -0.4 is 4.74 Å². The van der Waals surface area contributed by atoms with Gasteiger partial charge in [0.15, 0.2) is 0 Å². The standard InChI is InChI=1S/C45H60O3/c1-30(2)11-8-12-31(3)39-20-21-40-37-19-18-35-29-36(22-24-44(35,4)41(37)23-25-45(39,40)5)48-43(46)17-10-26-47-42-16-9-15-34-27-32-13-6-7-14-33(32)28-38(34)42/h6-7,9,13-16,18,27-28,30-31,36-37,39-41H,8,10-12,17,19-26,29H2,1-5H3/t31-,36+,37+,39-,40+,41+,44+,45-/m1/s1. The highest BCUT2D eigenvalue weighted by molar-refractivity contribution is 6.00. The quantitative estimate of drug-likeness (QED) is 0.0898. The van der Waals surface area contributed by atoms with Crippen LogP contribution >= 0.6 is 0 Å². The number of esters is 1. The molecule has 0 aliphatic heterocycles. The normalized spacial score (nSPS) is 32.0. The maximum absolute atomic E-state index is 13.0. The molecule has 0 heterocycles. The summed E-state index contributed by atoms with van der Waals surface area (Å²) >= 11 is 0. The number of carbonyl (C=O) groups excluding carboxylic acids is 1. The first kappa shape index (κ1) is 33.7. The maximum atomic E-state index is 13.0. The van der Waals surface area contributed by atoms with Gasteiger partial charge in [-0.05, 0) is 132 Å². The molecule has 4 aliphatic carbocycles. The summed E-state index contributed by atoms with van der Waals surface area (Å²) in [5, 5.41) is 4.74. The van der Waals surface area contributed by atoms with E-state index in [1.54, 1.807) is 5.57 Å². The summed E-state index contributed by atoms with van der Waals surface area (Å²) in [5.74, 6) is 5.92. The van der Waals surface area contributed by atoms with Gasteiger partial charge in [-0.3, -0.25) is 4.79 Å². The molecule has 0 N–H and O–H groups in total. The molecule has 3 heteroatoms. The van der Waals surface area contributed by atoms with Crippen LogP contribution in [0.4, 0.5) is 0 Å². The summed E-state index contributed by atoms with van der Waals surface area (Å²) in [6.45, 7) is 13.1. The van der Waals surface area contributed by atoms with Gasteiger partial charge in [-0.2, -0.15) is 0 Å². The molecular weight excluding hydrogens is 588 g/mol. The van der Waals surface area contributed by atoms with Crippen molar-refractivity contribution in [2.45, 2.75) is 124 Å². The third-order valence-corrected chi connectivity index (χ3v) is 14.0. The van der Waals surface area contributed by atoms with E-state index in [-0.39, 0.29) is 17.5 Å². The predicted octanol–water partition coefficient (Wildman–Crippen LogP) is 12.1. The third kappa shape index (κ3) is 6.45. The zero-order valence-corrected chi connectivity index (χ0v) is 30.4. The first-order valence-corrected chi connectivity index (χ1v) is 19.6. The number of fused-ring (bicyclic) bond motifs is 7. The predicted molar refractivity (Wildman–Crippen MR) is 199 cm³/mol. The largest absolute Gasteiger partial charge is 0.493 e. The van der Waals surface area contributed by atoms with E-state index in [9.17, 15) is 4.79 Å². The molecule has 3 fully saturated rings. The Labute approximate surface area is 290 Å². The molecule has 0 aromatic heterocycles. The van der Waals surface area contributed by atoms with E-state index in [0.29, 0.717) is 24.9 Å². The molecule has 0 saturated heterocycles. The van der Waals surface area contributed by atoms with Crippen LogP contribution in [0.2, 0.25) is 0 Å². The molecule has 8 atom stereocenters. The minimum absolute atomic E-state index is 0.0250. The highest BCUT2D eigenvalue weighted by Gasteiger charge is 2.59. The molecule has 3 saturated carbocycles. The second-order valence-corrected chi connectivity index (χ2v) is 17.3. The molecule has 3 aromatic rings. The lowest BCUT2D eigenvalue weighted by atomic mass is 9.47. The number of allylic oxidation sites excluding steroid dienone is 1. The maximum Gasteiger partial charge on any atom is 0.306 e. The minimum Gasteiger partial charge on any atom is -0.493 e. The summed E-state index contributed by atoms with van der Waals surface area (Å²) < 4.78 is 12.3. The van der Waals surface area contributed by atoms with Crippen LogP contribution in [0.1, 0.15) is 118 Å². The zero-order valence-electron chi connectivity index (χ0n) is 30.4. The van der Waals surface area contributed by atoms with Crippen LogP contribution in [0.25, 0.3) is 21.5 Å². The van der Waals surface area contributed by atoms with Gasteiger partial charge in [-0.25, -0.2) is 0 Å². The van der Waals surface area contributed by atoms with Crippen molar-refractivity contribution in [3.63, 3.8) is 0 Å². The lowest BCUT2D eigenvalue weighted by Crippen LogP contribution is -2.51. The number of hydrogen-bond acceptors (Lipinski definition) is 3. The fourth-order valence-corrected chi connectivity index (χ4v) is 11.5. The van der Waals surface area contributed by atoms with Crippen molar-refractivity contribution in [3.05, 3.63) is 66.2 Å². The van der Waals surface area contributed by atoms with Crippen molar-refractivity contribution < 1.29 is 14.3 Å². The number of hydrogen-bond donors (Lipinski definition) is 0. The Hall–Kier alpha value is -2.81. The van der Waals surface area contributed by atoms with Crippen LogP contribution in [0, 0.1) is 46.3 Å². The molecule has 48 heavy (non-hydrogen) atoms. The van der Waals surface area contributed by atoms with Gasteiger partial charge < -0.3 is 9.47 Å². The lowest BCUT2D eigenvalue weighted by Gasteiger charge is -2.58. The minimum atomic E-state index is -0.0710. The summed E-state index contributed by atoms with van der Waals surface area (Å²) in [4.78, 5) is 13.0. The van der Waals surface area contributed by atoms with Crippen molar-refractivity contribution in [1.82, 2.24) is 0 Å². The van der Waals surface area contributed by atoms with Crippen molar-refractivity contribution in [2.24, 2.45) is 46.3 Å². The topological polar surface area (TPSA) is 35.5 Å². The van der Waals surface area contributed by atoms with Crippen LogP contribution in [-0.2, 0) is 9.53 Å². The van der Waals surface area contributed by atoms with Gasteiger partial charge in [0.1, 0.15) is 11.9 Å². The zero-order chi connectivity index (χ0) is 33.5. The average Bonchev–Trinajstić information content (AvgIpc) is 3.43. The summed E-state index contributed by atoms with van der Waals surface area (Å²) in [5.41, 5.74) is 2.41. The molecule has 0 amide bonds. The van der Waals surface area contributed by atoms with Crippen LogP contribution in [0.3, 0.4) is 0 Å². The van der Waals surface area contributed by atoms with Gasteiger partial charge >= 0.3 is 5.97 Å². The average molecular weight is 649 g/mol. The summed E-state index contributed by atoms with van der Waals surface area (Å²) in [6.07, 6.45) is 17.9. The van der Waals surface area contributed by atoms with E-state index in [0.717, 1.165) is 65.9 Å². The van der Waals surface area contributed by atoms with Crippen molar-refractivity contribution in [2.75, 3.05) is 6.61 Å². The second kappa shape index (κ2) is 13.8. The van der Waals surface area contributed by atoms with Gasteiger partial charge in [-0.15, -0.1) is 0 Å². The van der Waals surface area contributed by atoms with Crippen LogP contribution in [0.5, 0.6) is 5.75 Å². The first-order valence-electron chi connectivity index (χ1n) is 19.6. The fourth-order valence-electron chi connectivity index (χ4n) is 11.5. The molecule has 4 aliphatic rings. The van der Waals surface area contributed by atoms with Gasteiger partial charge in [0.05, 0.1) is 6.61 Å². The molecule has 258 valence electrons. The Balaban J connectivity index is 0.911. The van der Waals surface area contributed by atoms with Gasteiger partial charge in [0, 0.05) is 18.2 Å².